The van der Waals surface area contributed by atoms with E-state index >= 15 is 0 Å². The lowest BCUT2D eigenvalue weighted by Crippen LogP contribution is -2.46. The first-order valence-electron chi connectivity index (χ1n) is 10.00. The molecule has 0 saturated carbocycles. The molecule has 26 heavy (non-hydrogen) atoms. The van der Waals surface area contributed by atoms with Crippen molar-refractivity contribution in [3.63, 3.8) is 0 Å². The van der Waals surface area contributed by atoms with Gasteiger partial charge < -0.3 is 19.9 Å². The van der Waals surface area contributed by atoms with Gasteiger partial charge in [-0.05, 0) is 49.8 Å². The van der Waals surface area contributed by atoms with Crippen LogP contribution in [0.3, 0.4) is 0 Å². The molecule has 1 amide bonds. The van der Waals surface area contributed by atoms with Crippen LogP contribution in [0.4, 0.5) is 5.69 Å². The van der Waals surface area contributed by atoms with Crippen molar-refractivity contribution in [3.8, 4) is 0 Å². The normalized spacial score (nSPS) is 21.7. The second-order valence-electron chi connectivity index (χ2n) is 7.84. The molecule has 0 unspecified atom stereocenters. The fourth-order valence-electron chi connectivity index (χ4n) is 3.85. The molecular formula is C21H33N3O2. The standard InChI is InChI=1S/C21H33N3O2/c1-23(2)19-8-5-17(6-9-19)7-10-21(25)22-18-11-13-24(14-12-18)16-20-4-3-15-26-20/h5-6,8-9,18,20H,3-4,7,10-16H2,1-2H3,(H,22,25)/t20-/m0/s1. The molecule has 5 heteroatoms. The van der Waals surface area contributed by atoms with E-state index in [0.29, 0.717) is 18.6 Å². The molecule has 1 atom stereocenters. The minimum absolute atomic E-state index is 0.180. The predicted molar refractivity (Wildman–Crippen MR) is 106 cm³/mol. The van der Waals surface area contributed by atoms with Crippen molar-refractivity contribution in [3.05, 3.63) is 29.8 Å². The summed E-state index contributed by atoms with van der Waals surface area (Å²) in [6, 6.07) is 8.78. The highest BCUT2D eigenvalue weighted by atomic mass is 16.5. The minimum atomic E-state index is 0.180. The number of anilines is 1. The number of carbonyl (C=O) groups excluding carboxylic acids is 1. The monoisotopic (exact) mass is 359 g/mol. The molecule has 0 aliphatic carbocycles. The fourth-order valence-corrected chi connectivity index (χ4v) is 3.85. The van der Waals surface area contributed by atoms with Crippen LogP contribution in [0.15, 0.2) is 24.3 Å². The Balaban J connectivity index is 1.33. The number of benzene rings is 1. The maximum absolute atomic E-state index is 12.3. The van der Waals surface area contributed by atoms with Gasteiger partial charge in [-0.1, -0.05) is 12.1 Å². The highest BCUT2D eigenvalue weighted by Crippen LogP contribution is 2.17. The van der Waals surface area contributed by atoms with Gasteiger partial charge in [-0.2, -0.15) is 0 Å². The molecule has 1 N–H and O–H groups in total. The van der Waals surface area contributed by atoms with E-state index in [9.17, 15) is 4.79 Å². The molecule has 0 radical (unpaired) electrons. The second kappa shape index (κ2) is 9.38. The quantitative estimate of drug-likeness (QED) is 0.812. The summed E-state index contributed by atoms with van der Waals surface area (Å²) in [5, 5.41) is 3.23. The van der Waals surface area contributed by atoms with E-state index < -0.39 is 0 Å². The van der Waals surface area contributed by atoms with E-state index in [2.05, 4.69) is 39.4 Å². The minimum Gasteiger partial charge on any atom is -0.378 e. The largest absolute Gasteiger partial charge is 0.378 e. The van der Waals surface area contributed by atoms with E-state index in [4.69, 9.17) is 4.74 Å². The van der Waals surface area contributed by atoms with E-state index in [-0.39, 0.29) is 5.91 Å². The van der Waals surface area contributed by atoms with Gasteiger partial charge >= 0.3 is 0 Å². The summed E-state index contributed by atoms with van der Waals surface area (Å²) >= 11 is 0. The summed E-state index contributed by atoms with van der Waals surface area (Å²) in [6.07, 6.45) is 6.31. The van der Waals surface area contributed by atoms with Gasteiger partial charge in [0.2, 0.25) is 5.91 Å². The van der Waals surface area contributed by atoms with Crippen molar-refractivity contribution >= 4 is 11.6 Å². The number of rotatable bonds is 7. The summed E-state index contributed by atoms with van der Waals surface area (Å²) in [4.78, 5) is 16.8. The zero-order valence-corrected chi connectivity index (χ0v) is 16.2. The zero-order valence-electron chi connectivity index (χ0n) is 16.2. The summed E-state index contributed by atoms with van der Waals surface area (Å²) in [5.74, 6) is 0.180. The van der Waals surface area contributed by atoms with Crippen LogP contribution in [0.1, 0.15) is 37.7 Å². The Hall–Kier alpha value is -1.59. The van der Waals surface area contributed by atoms with Gasteiger partial charge in [0, 0.05) is 58.5 Å². The lowest BCUT2D eigenvalue weighted by molar-refractivity contribution is -0.122. The highest BCUT2D eigenvalue weighted by molar-refractivity contribution is 5.76. The molecule has 2 aliphatic rings. The van der Waals surface area contributed by atoms with E-state index in [0.717, 1.165) is 45.5 Å². The molecule has 5 nitrogen and oxygen atoms in total. The van der Waals surface area contributed by atoms with Gasteiger partial charge in [-0.3, -0.25) is 4.79 Å². The van der Waals surface area contributed by atoms with Gasteiger partial charge in [-0.25, -0.2) is 0 Å². The van der Waals surface area contributed by atoms with Crippen LogP contribution in [-0.4, -0.2) is 63.3 Å². The number of amides is 1. The molecular weight excluding hydrogens is 326 g/mol. The van der Waals surface area contributed by atoms with E-state index in [1.54, 1.807) is 0 Å². The smallest absolute Gasteiger partial charge is 0.220 e. The molecule has 0 aromatic heterocycles. The molecule has 3 rings (SSSR count). The number of carbonyl (C=O) groups is 1. The third-order valence-corrected chi connectivity index (χ3v) is 5.53. The first kappa shape index (κ1) is 19.2. The second-order valence-corrected chi connectivity index (χ2v) is 7.84. The Morgan fingerprint density at radius 3 is 2.54 bits per heavy atom. The van der Waals surface area contributed by atoms with E-state index in [1.807, 2.05) is 14.1 Å². The van der Waals surface area contributed by atoms with Gasteiger partial charge in [0.1, 0.15) is 0 Å². The SMILES string of the molecule is CN(C)c1ccc(CCC(=O)NC2CCN(C[C@@H]3CCCO3)CC2)cc1. The molecule has 2 heterocycles. The van der Waals surface area contributed by atoms with Crippen molar-refractivity contribution in [2.45, 2.75) is 50.7 Å². The summed E-state index contributed by atoms with van der Waals surface area (Å²) in [7, 11) is 4.07. The van der Waals surface area contributed by atoms with Gasteiger partial charge in [0.25, 0.3) is 0 Å². The van der Waals surface area contributed by atoms with Crippen molar-refractivity contribution in [2.75, 3.05) is 45.2 Å². The van der Waals surface area contributed by atoms with Crippen LogP contribution in [0, 0.1) is 0 Å². The lowest BCUT2D eigenvalue weighted by atomic mass is 10.0. The number of hydrogen-bond acceptors (Lipinski definition) is 4. The highest BCUT2D eigenvalue weighted by Gasteiger charge is 2.24. The van der Waals surface area contributed by atoms with Crippen molar-refractivity contribution in [1.29, 1.82) is 0 Å². The van der Waals surface area contributed by atoms with Crippen LogP contribution < -0.4 is 10.2 Å². The number of likely N-dealkylation sites (tertiary alicyclic amines) is 1. The van der Waals surface area contributed by atoms with Crippen molar-refractivity contribution < 1.29 is 9.53 Å². The molecule has 2 saturated heterocycles. The Bertz CT molecular complexity index is 559. The summed E-state index contributed by atoms with van der Waals surface area (Å²) in [6.45, 7) is 4.12. The van der Waals surface area contributed by atoms with Gasteiger partial charge in [0.05, 0.1) is 6.10 Å². The maximum Gasteiger partial charge on any atom is 0.220 e. The average Bonchev–Trinajstić information content (AvgIpc) is 3.15. The van der Waals surface area contributed by atoms with E-state index in [1.165, 1.54) is 24.1 Å². The predicted octanol–water partition coefficient (Wildman–Crippen LogP) is 2.44. The molecule has 0 spiro atoms. The maximum atomic E-state index is 12.3. The topological polar surface area (TPSA) is 44.8 Å². The van der Waals surface area contributed by atoms with Crippen LogP contribution in [0.2, 0.25) is 0 Å². The Morgan fingerprint density at radius 2 is 1.92 bits per heavy atom. The Labute approximate surface area is 157 Å². The number of ether oxygens (including phenoxy) is 1. The molecule has 0 bridgehead atoms. The van der Waals surface area contributed by atoms with Crippen LogP contribution in [0.5, 0.6) is 0 Å². The Morgan fingerprint density at radius 1 is 1.19 bits per heavy atom. The summed E-state index contributed by atoms with van der Waals surface area (Å²) < 4.78 is 5.73. The van der Waals surface area contributed by atoms with Crippen LogP contribution in [-0.2, 0) is 16.0 Å². The van der Waals surface area contributed by atoms with Crippen molar-refractivity contribution in [1.82, 2.24) is 10.2 Å². The number of nitrogens with zero attached hydrogens (tertiary/aromatic N) is 2. The van der Waals surface area contributed by atoms with Crippen molar-refractivity contribution in [2.24, 2.45) is 0 Å². The number of aryl methyl sites for hydroxylation is 1. The van der Waals surface area contributed by atoms with Crippen LogP contribution in [0.25, 0.3) is 0 Å². The zero-order chi connectivity index (χ0) is 18.4. The molecule has 1 aromatic rings. The number of piperidine rings is 1. The van der Waals surface area contributed by atoms with Crippen LogP contribution >= 0.6 is 0 Å². The molecule has 2 aliphatic heterocycles. The number of hydrogen-bond donors (Lipinski definition) is 1. The third-order valence-electron chi connectivity index (χ3n) is 5.53. The lowest BCUT2D eigenvalue weighted by Gasteiger charge is -2.33. The van der Waals surface area contributed by atoms with Gasteiger partial charge in [-0.15, -0.1) is 0 Å². The number of nitrogens with one attached hydrogen (secondary N) is 1. The molecule has 2 fully saturated rings. The Kier molecular flexibility index (Phi) is 6.92. The molecule has 144 valence electrons. The third kappa shape index (κ3) is 5.71. The average molecular weight is 360 g/mol. The first-order valence-corrected chi connectivity index (χ1v) is 10.00. The first-order chi connectivity index (χ1) is 12.6. The van der Waals surface area contributed by atoms with Gasteiger partial charge in [0.15, 0.2) is 0 Å². The fraction of sp³-hybridized carbons (Fsp3) is 0.667. The summed E-state index contributed by atoms with van der Waals surface area (Å²) in [5.41, 5.74) is 2.41. The molecule has 1 aromatic carbocycles.